The van der Waals surface area contributed by atoms with Gasteiger partial charge in [0.15, 0.2) is 0 Å². The van der Waals surface area contributed by atoms with E-state index in [1.807, 2.05) is 6.92 Å². The van der Waals surface area contributed by atoms with Gasteiger partial charge < -0.3 is 15.6 Å². The minimum absolute atomic E-state index is 0.278. The lowest BCUT2D eigenvalue weighted by Crippen LogP contribution is -2.32. The zero-order valence-electron chi connectivity index (χ0n) is 11.7. The fourth-order valence-corrected chi connectivity index (χ4v) is 1.90. The summed E-state index contributed by atoms with van der Waals surface area (Å²) < 4.78 is 37.3. The molecule has 3 N–H and O–H groups in total. The first-order valence-electron chi connectivity index (χ1n) is 6.64. The Kier molecular flexibility index (Phi) is 4.69. The summed E-state index contributed by atoms with van der Waals surface area (Å²) in [5.74, 6) is 0.616. The molecule has 0 saturated carbocycles. The van der Waals surface area contributed by atoms with Crippen molar-refractivity contribution in [3.63, 3.8) is 0 Å². The van der Waals surface area contributed by atoms with Gasteiger partial charge in [-0.25, -0.2) is 9.78 Å². The van der Waals surface area contributed by atoms with Crippen molar-refractivity contribution < 1.29 is 18.0 Å². The Balaban J connectivity index is 1.97. The summed E-state index contributed by atoms with van der Waals surface area (Å²) >= 11 is 0. The van der Waals surface area contributed by atoms with Crippen LogP contribution in [-0.4, -0.2) is 16.0 Å². The highest BCUT2D eigenvalue weighted by Crippen LogP contribution is 2.29. The Morgan fingerprint density at radius 2 is 2.00 bits per heavy atom. The minimum atomic E-state index is -4.40. The second-order valence-electron chi connectivity index (χ2n) is 4.61. The molecule has 0 bridgehead atoms. The molecule has 118 valence electrons. The van der Waals surface area contributed by atoms with Crippen molar-refractivity contribution in [2.75, 3.05) is 5.32 Å². The minimum Gasteiger partial charge on any atom is -0.347 e. The number of H-pyrrole nitrogens is 1. The monoisotopic (exact) mass is 312 g/mol. The molecule has 2 aromatic rings. The predicted octanol–water partition coefficient (Wildman–Crippen LogP) is 3.70. The lowest BCUT2D eigenvalue weighted by atomic mass is 10.2. The van der Waals surface area contributed by atoms with E-state index in [1.54, 1.807) is 12.4 Å². The first-order chi connectivity index (χ1) is 10.4. The SMILES string of the molecule is CCC(NC(=O)Nc1ccc(C(F)(F)F)cc1)c1ncc[nH]1. The van der Waals surface area contributed by atoms with Crippen LogP contribution in [-0.2, 0) is 6.18 Å². The lowest BCUT2D eigenvalue weighted by Gasteiger charge is -2.15. The van der Waals surface area contributed by atoms with Crippen LogP contribution in [0.5, 0.6) is 0 Å². The molecule has 1 unspecified atom stereocenters. The van der Waals surface area contributed by atoms with Gasteiger partial charge in [-0.1, -0.05) is 6.92 Å². The summed E-state index contributed by atoms with van der Waals surface area (Å²) in [6, 6.07) is 3.43. The van der Waals surface area contributed by atoms with Crippen LogP contribution >= 0.6 is 0 Å². The fraction of sp³-hybridized carbons (Fsp3) is 0.286. The molecular formula is C14H15F3N4O. The smallest absolute Gasteiger partial charge is 0.347 e. The van der Waals surface area contributed by atoms with Gasteiger partial charge in [-0.15, -0.1) is 0 Å². The second-order valence-corrected chi connectivity index (χ2v) is 4.61. The van der Waals surface area contributed by atoms with Crippen molar-refractivity contribution >= 4 is 11.7 Å². The van der Waals surface area contributed by atoms with Gasteiger partial charge in [0.05, 0.1) is 11.6 Å². The molecule has 0 aliphatic heterocycles. The van der Waals surface area contributed by atoms with Crippen LogP contribution in [0.1, 0.15) is 30.8 Å². The molecule has 0 saturated heterocycles. The van der Waals surface area contributed by atoms with Crippen LogP contribution in [0.4, 0.5) is 23.7 Å². The van der Waals surface area contributed by atoms with Gasteiger partial charge >= 0.3 is 12.2 Å². The lowest BCUT2D eigenvalue weighted by molar-refractivity contribution is -0.137. The molecular weight excluding hydrogens is 297 g/mol. The third kappa shape index (κ3) is 4.00. The topological polar surface area (TPSA) is 69.8 Å². The molecule has 0 aliphatic carbocycles. The summed E-state index contributed by atoms with van der Waals surface area (Å²) in [6.07, 6.45) is -0.553. The summed E-state index contributed by atoms with van der Waals surface area (Å²) in [4.78, 5) is 18.8. The molecule has 1 aromatic carbocycles. The first-order valence-corrected chi connectivity index (χ1v) is 6.64. The molecule has 0 aliphatic rings. The number of hydrogen-bond donors (Lipinski definition) is 3. The van der Waals surface area contributed by atoms with E-state index in [2.05, 4.69) is 20.6 Å². The number of nitrogens with one attached hydrogen (secondary N) is 3. The van der Waals surface area contributed by atoms with E-state index in [1.165, 1.54) is 12.1 Å². The van der Waals surface area contributed by atoms with E-state index in [0.29, 0.717) is 12.2 Å². The average Bonchev–Trinajstić information content (AvgIpc) is 2.98. The van der Waals surface area contributed by atoms with Crippen molar-refractivity contribution in [1.29, 1.82) is 0 Å². The molecule has 2 rings (SSSR count). The van der Waals surface area contributed by atoms with Crippen LogP contribution < -0.4 is 10.6 Å². The largest absolute Gasteiger partial charge is 0.416 e. The molecule has 0 radical (unpaired) electrons. The maximum absolute atomic E-state index is 12.4. The highest BCUT2D eigenvalue weighted by Gasteiger charge is 2.30. The summed E-state index contributed by atoms with van der Waals surface area (Å²) in [5, 5.41) is 5.18. The number of imidazole rings is 1. The third-order valence-corrected chi connectivity index (χ3v) is 3.03. The number of halogens is 3. The number of carbonyl (C=O) groups is 1. The Hall–Kier alpha value is -2.51. The number of aromatic nitrogens is 2. The predicted molar refractivity (Wildman–Crippen MR) is 75.2 cm³/mol. The molecule has 1 atom stereocenters. The van der Waals surface area contributed by atoms with Crippen LogP contribution in [0.3, 0.4) is 0 Å². The number of anilines is 1. The van der Waals surface area contributed by atoms with Crippen LogP contribution in [0.25, 0.3) is 0 Å². The van der Waals surface area contributed by atoms with Crippen molar-refractivity contribution in [2.45, 2.75) is 25.6 Å². The first kappa shape index (κ1) is 15.9. The number of nitrogens with zero attached hydrogens (tertiary/aromatic N) is 1. The van der Waals surface area contributed by atoms with Gasteiger partial charge in [-0.3, -0.25) is 0 Å². The molecule has 0 fully saturated rings. The number of urea groups is 1. The highest BCUT2D eigenvalue weighted by atomic mass is 19.4. The Labute approximate surface area is 124 Å². The molecule has 5 nitrogen and oxygen atoms in total. The van der Waals surface area contributed by atoms with Gasteiger partial charge in [-0.05, 0) is 30.7 Å². The Bertz CT molecular complexity index is 608. The number of carbonyl (C=O) groups excluding carboxylic acids is 1. The van der Waals surface area contributed by atoms with Gasteiger partial charge in [0, 0.05) is 18.1 Å². The number of rotatable bonds is 4. The molecule has 1 aromatic heterocycles. The summed E-state index contributed by atoms with van der Waals surface area (Å²) in [6.45, 7) is 1.88. The molecule has 0 spiro atoms. The number of alkyl halides is 3. The van der Waals surface area contributed by atoms with Crippen molar-refractivity contribution in [2.24, 2.45) is 0 Å². The van der Waals surface area contributed by atoms with E-state index in [0.717, 1.165) is 12.1 Å². The Morgan fingerprint density at radius 1 is 1.32 bits per heavy atom. The summed E-state index contributed by atoms with van der Waals surface area (Å²) in [5.41, 5.74) is -0.486. The van der Waals surface area contributed by atoms with Gasteiger partial charge in [0.1, 0.15) is 5.82 Å². The Morgan fingerprint density at radius 3 is 2.50 bits per heavy atom. The van der Waals surface area contributed by atoms with E-state index < -0.39 is 17.8 Å². The van der Waals surface area contributed by atoms with E-state index >= 15 is 0 Å². The maximum Gasteiger partial charge on any atom is 0.416 e. The van der Waals surface area contributed by atoms with E-state index in [-0.39, 0.29) is 11.7 Å². The average molecular weight is 312 g/mol. The van der Waals surface area contributed by atoms with Crippen LogP contribution in [0, 0.1) is 0 Å². The quantitative estimate of drug-likeness (QED) is 0.805. The van der Waals surface area contributed by atoms with Crippen molar-refractivity contribution in [1.82, 2.24) is 15.3 Å². The second kappa shape index (κ2) is 6.50. The zero-order chi connectivity index (χ0) is 16.2. The standard InChI is InChI=1S/C14H15F3N4O/c1-2-11(12-18-7-8-19-12)21-13(22)20-10-5-3-9(4-6-10)14(15,16)17/h3-8,11H,2H2,1H3,(H,18,19)(H2,20,21,22). The van der Waals surface area contributed by atoms with Gasteiger partial charge in [0.25, 0.3) is 0 Å². The fourth-order valence-electron chi connectivity index (χ4n) is 1.90. The molecule has 2 amide bonds. The number of benzene rings is 1. The highest BCUT2D eigenvalue weighted by molar-refractivity contribution is 5.89. The zero-order valence-corrected chi connectivity index (χ0v) is 11.7. The summed E-state index contributed by atoms with van der Waals surface area (Å²) in [7, 11) is 0. The van der Waals surface area contributed by atoms with Crippen molar-refractivity contribution in [3.8, 4) is 0 Å². The van der Waals surface area contributed by atoms with Crippen molar-refractivity contribution in [3.05, 3.63) is 48.0 Å². The number of amides is 2. The normalized spacial score (nSPS) is 12.7. The van der Waals surface area contributed by atoms with Gasteiger partial charge in [-0.2, -0.15) is 13.2 Å². The number of hydrogen-bond acceptors (Lipinski definition) is 2. The number of aromatic amines is 1. The van der Waals surface area contributed by atoms with Crippen LogP contribution in [0.15, 0.2) is 36.7 Å². The van der Waals surface area contributed by atoms with E-state index in [4.69, 9.17) is 0 Å². The van der Waals surface area contributed by atoms with E-state index in [9.17, 15) is 18.0 Å². The molecule has 22 heavy (non-hydrogen) atoms. The molecule has 8 heteroatoms. The third-order valence-electron chi connectivity index (χ3n) is 3.03. The van der Waals surface area contributed by atoms with Crippen LogP contribution in [0.2, 0.25) is 0 Å². The maximum atomic E-state index is 12.4. The van der Waals surface area contributed by atoms with Gasteiger partial charge in [0.2, 0.25) is 0 Å². The molecule has 1 heterocycles.